The van der Waals surface area contributed by atoms with Gasteiger partial charge in [-0.25, -0.2) is 9.50 Å². The molecule has 0 unspecified atom stereocenters. The molecule has 0 radical (unpaired) electrons. The van der Waals surface area contributed by atoms with E-state index in [1.807, 2.05) is 19.1 Å². The average molecular weight is 149 g/mol. The van der Waals surface area contributed by atoms with Crippen molar-refractivity contribution in [3.63, 3.8) is 0 Å². The second-order valence-electron chi connectivity index (χ2n) is 2.38. The van der Waals surface area contributed by atoms with Crippen molar-refractivity contribution in [1.29, 1.82) is 0 Å². The molecule has 0 saturated carbocycles. The van der Waals surface area contributed by atoms with Gasteiger partial charge in [0.05, 0.1) is 0 Å². The first-order valence-corrected chi connectivity index (χ1v) is 3.30. The van der Waals surface area contributed by atoms with Crippen molar-refractivity contribution in [3.8, 4) is 0 Å². The van der Waals surface area contributed by atoms with Crippen molar-refractivity contribution in [3.05, 3.63) is 24.2 Å². The molecular formula is C7H8N4. The number of nitrogens with zero attached hydrogens (tertiary/aromatic N) is 3. The highest BCUT2D eigenvalue weighted by molar-refractivity contribution is 5.65. The maximum atomic E-state index is 6.98. The predicted molar refractivity (Wildman–Crippen MR) is 42.1 cm³/mol. The summed E-state index contributed by atoms with van der Waals surface area (Å²) in [5.74, 6) is 0.526. The Morgan fingerprint density at radius 3 is 3.36 bits per heavy atom. The molecule has 0 spiro atoms. The standard InChI is InChI=1S/C7H8N4/c1-5-2-3-6-7(8)9-4-10-11(5)6/h2-4H,1H3,(H2,8,9,10)/i/hD. The molecule has 2 rings (SSSR count). The molecule has 0 amide bonds. The van der Waals surface area contributed by atoms with Crippen LogP contribution in [0.15, 0.2) is 18.5 Å². The molecular weight excluding hydrogens is 140 g/mol. The highest BCUT2D eigenvalue weighted by Crippen LogP contribution is 2.11. The lowest BCUT2D eigenvalue weighted by Crippen LogP contribution is -1.99. The molecule has 0 aliphatic heterocycles. The smallest absolute Gasteiger partial charge is 0.158 e. The van der Waals surface area contributed by atoms with Gasteiger partial charge in [-0.3, -0.25) is 0 Å². The van der Waals surface area contributed by atoms with Gasteiger partial charge in [0.1, 0.15) is 11.8 Å². The van der Waals surface area contributed by atoms with E-state index in [4.69, 9.17) is 1.41 Å². The maximum Gasteiger partial charge on any atom is 0.158 e. The fraction of sp³-hybridized carbons (Fsp3) is 0.143. The van der Waals surface area contributed by atoms with Crippen LogP contribution in [0.25, 0.3) is 5.52 Å². The number of nitrogens with two attached hydrogens (primary N) is 1. The molecule has 0 aliphatic rings. The van der Waals surface area contributed by atoms with E-state index < -0.39 is 0 Å². The van der Waals surface area contributed by atoms with Crippen LogP contribution in [0.3, 0.4) is 0 Å². The third kappa shape index (κ3) is 0.756. The van der Waals surface area contributed by atoms with Crippen molar-refractivity contribution in [2.45, 2.75) is 6.92 Å². The zero-order valence-corrected chi connectivity index (χ0v) is 6.07. The third-order valence-electron chi connectivity index (χ3n) is 1.64. The zero-order valence-electron chi connectivity index (χ0n) is 7.07. The van der Waals surface area contributed by atoms with Crippen LogP contribution in [-0.2, 0) is 0 Å². The molecule has 56 valence electrons. The average Bonchev–Trinajstić information content (AvgIpc) is 2.48. The van der Waals surface area contributed by atoms with Gasteiger partial charge in [0.15, 0.2) is 7.23 Å². The molecule has 0 fully saturated rings. The minimum absolute atomic E-state index is 0.526. The summed E-state index contributed by atoms with van der Waals surface area (Å²) in [6, 6.07) is 3.82. The number of aromatic nitrogens is 3. The van der Waals surface area contributed by atoms with Gasteiger partial charge in [-0.2, -0.15) is 5.10 Å². The van der Waals surface area contributed by atoms with E-state index in [0.717, 1.165) is 11.2 Å². The summed E-state index contributed by atoms with van der Waals surface area (Å²) in [5.41, 5.74) is 4.12. The third-order valence-corrected chi connectivity index (χ3v) is 1.64. The van der Waals surface area contributed by atoms with E-state index in [0.29, 0.717) is 5.82 Å². The lowest BCUT2D eigenvalue weighted by molar-refractivity contribution is 0.875. The summed E-state index contributed by atoms with van der Waals surface area (Å²) in [6.07, 6.45) is 1.43. The van der Waals surface area contributed by atoms with E-state index in [1.165, 1.54) is 6.33 Å². The Morgan fingerprint density at radius 2 is 2.55 bits per heavy atom. The minimum atomic E-state index is 0.526. The Hall–Kier alpha value is -1.58. The van der Waals surface area contributed by atoms with Crippen LogP contribution in [0.5, 0.6) is 0 Å². The number of hydrogen-bond donors (Lipinski definition) is 1. The SMILES string of the molecule is [2H]Nc1ncnn2c(C)ccc12. The number of nitrogen functional groups attached to an aromatic ring is 1. The number of rotatable bonds is 1. The largest absolute Gasteiger partial charge is 0.382 e. The number of aryl methyl sites for hydroxylation is 1. The Labute approximate surface area is 65.1 Å². The predicted octanol–water partition coefficient (Wildman–Crippen LogP) is 0.620. The summed E-state index contributed by atoms with van der Waals surface area (Å²) in [7, 11) is 0. The molecule has 0 bridgehead atoms. The zero-order chi connectivity index (χ0) is 8.55. The van der Waals surface area contributed by atoms with Gasteiger partial charge in [0.25, 0.3) is 0 Å². The van der Waals surface area contributed by atoms with Crippen molar-refractivity contribution in [1.82, 2.24) is 14.6 Å². The van der Waals surface area contributed by atoms with E-state index in [9.17, 15) is 0 Å². The Kier molecular flexibility index (Phi) is 0.908. The lowest BCUT2D eigenvalue weighted by Gasteiger charge is -1.96. The fourth-order valence-electron chi connectivity index (χ4n) is 1.06. The Bertz CT molecular complexity index is 409. The molecule has 0 saturated heterocycles. The van der Waals surface area contributed by atoms with E-state index in [-0.39, 0.29) is 0 Å². The first-order chi connectivity index (χ1) is 5.83. The van der Waals surface area contributed by atoms with E-state index >= 15 is 0 Å². The van der Waals surface area contributed by atoms with Crippen molar-refractivity contribution in [2.75, 3.05) is 5.73 Å². The second-order valence-corrected chi connectivity index (χ2v) is 2.38. The number of fused-ring (bicyclic) bond motifs is 1. The van der Waals surface area contributed by atoms with Crippen LogP contribution >= 0.6 is 0 Å². The topological polar surface area (TPSA) is 56.2 Å². The summed E-state index contributed by atoms with van der Waals surface area (Å²) in [6.45, 7) is 1.95. The van der Waals surface area contributed by atoms with Crippen molar-refractivity contribution >= 4 is 11.3 Å². The van der Waals surface area contributed by atoms with Crippen LogP contribution in [0.4, 0.5) is 5.82 Å². The lowest BCUT2D eigenvalue weighted by atomic mass is 10.5. The van der Waals surface area contributed by atoms with Crippen molar-refractivity contribution < 1.29 is 1.41 Å². The second kappa shape index (κ2) is 1.95. The first-order valence-electron chi connectivity index (χ1n) is 3.80. The highest BCUT2D eigenvalue weighted by atomic mass is 15.2. The van der Waals surface area contributed by atoms with Crippen molar-refractivity contribution in [2.24, 2.45) is 0 Å². The molecule has 2 aromatic rings. The first kappa shape index (κ1) is 5.12. The van der Waals surface area contributed by atoms with Gasteiger partial charge in [0, 0.05) is 5.69 Å². The van der Waals surface area contributed by atoms with Crippen LogP contribution < -0.4 is 5.73 Å². The van der Waals surface area contributed by atoms with Gasteiger partial charge in [0.2, 0.25) is 0 Å². The molecule has 0 aliphatic carbocycles. The molecule has 0 aromatic carbocycles. The van der Waals surface area contributed by atoms with Crippen LogP contribution in [0.1, 0.15) is 5.69 Å². The summed E-state index contributed by atoms with van der Waals surface area (Å²) in [5, 5.41) is 4.03. The fourth-order valence-corrected chi connectivity index (χ4v) is 1.06. The Morgan fingerprint density at radius 1 is 1.64 bits per heavy atom. The molecule has 2 N–H and O–H groups in total. The van der Waals surface area contributed by atoms with Gasteiger partial charge in [-0.15, -0.1) is 0 Å². The summed E-state index contributed by atoms with van der Waals surface area (Å²) >= 11 is 0. The molecule has 0 atom stereocenters. The molecule has 4 heteroatoms. The molecule has 4 nitrogen and oxygen atoms in total. The Balaban J connectivity index is 2.81. The molecule has 11 heavy (non-hydrogen) atoms. The van der Waals surface area contributed by atoms with Crippen LogP contribution in [0.2, 0.25) is 1.41 Å². The van der Waals surface area contributed by atoms with Crippen LogP contribution in [-0.4, -0.2) is 14.6 Å². The quantitative estimate of drug-likeness (QED) is 0.646. The van der Waals surface area contributed by atoms with Gasteiger partial charge < -0.3 is 5.73 Å². The minimum Gasteiger partial charge on any atom is -0.382 e. The van der Waals surface area contributed by atoms with Gasteiger partial charge in [-0.05, 0) is 19.1 Å². The summed E-state index contributed by atoms with van der Waals surface area (Å²) < 4.78 is 8.72. The molecule has 2 aromatic heterocycles. The van der Waals surface area contributed by atoms with E-state index in [2.05, 4.69) is 15.8 Å². The highest BCUT2D eigenvalue weighted by Gasteiger charge is 2.00. The normalized spacial score (nSPS) is 11.5. The van der Waals surface area contributed by atoms with Crippen LogP contribution in [0, 0.1) is 6.92 Å². The maximum absolute atomic E-state index is 6.98. The van der Waals surface area contributed by atoms with E-state index in [1.54, 1.807) is 4.52 Å². The summed E-state index contributed by atoms with van der Waals surface area (Å²) in [4.78, 5) is 3.91. The van der Waals surface area contributed by atoms with Gasteiger partial charge >= 0.3 is 0 Å². The number of hydrogen-bond acceptors (Lipinski definition) is 3. The molecule has 2 heterocycles. The van der Waals surface area contributed by atoms with Gasteiger partial charge in [-0.1, -0.05) is 0 Å². The monoisotopic (exact) mass is 149 g/mol. The number of anilines is 1.